The Hall–Kier alpha value is -0.630. The highest BCUT2D eigenvalue weighted by Crippen LogP contribution is 2.34. The van der Waals surface area contributed by atoms with Crippen molar-refractivity contribution in [1.82, 2.24) is 10.6 Å². The molecule has 118 valence electrons. The Balaban J connectivity index is 2.60. The molecule has 0 heterocycles. The van der Waals surface area contributed by atoms with E-state index >= 15 is 0 Å². The van der Waals surface area contributed by atoms with Gasteiger partial charge in [0.25, 0.3) is 5.91 Å². The molecule has 1 amide bonds. The summed E-state index contributed by atoms with van der Waals surface area (Å²) in [7, 11) is 1.68. The van der Waals surface area contributed by atoms with Crippen molar-refractivity contribution >= 4 is 37.8 Å². The van der Waals surface area contributed by atoms with Crippen molar-refractivity contribution in [3.8, 4) is 5.75 Å². The molecule has 1 rings (SSSR count). The summed E-state index contributed by atoms with van der Waals surface area (Å²) in [6.07, 6.45) is 0. The van der Waals surface area contributed by atoms with Crippen molar-refractivity contribution in [1.29, 1.82) is 0 Å². The summed E-state index contributed by atoms with van der Waals surface area (Å²) in [4.78, 5) is 11.4. The van der Waals surface area contributed by atoms with Gasteiger partial charge in [0.1, 0.15) is 5.75 Å². The van der Waals surface area contributed by atoms with Crippen LogP contribution in [0.5, 0.6) is 5.75 Å². The topological polar surface area (TPSA) is 59.6 Å². The van der Waals surface area contributed by atoms with E-state index in [9.17, 15) is 4.79 Å². The summed E-state index contributed by atoms with van der Waals surface area (Å²) >= 11 is 6.94. The molecule has 0 spiro atoms. The maximum Gasteiger partial charge on any atom is 0.257 e. The number of hydrogen-bond donors (Lipinski definition) is 2. The molecule has 0 aliphatic rings. The predicted octanol–water partition coefficient (Wildman–Crippen LogP) is 2.46. The number of likely N-dealkylation sites (N-methyl/N-ethyl adjacent to an activating group) is 1. The van der Waals surface area contributed by atoms with Crippen LogP contribution >= 0.6 is 31.9 Å². The van der Waals surface area contributed by atoms with Gasteiger partial charge in [0.15, 0.2) is 6.61 Å². The van der Waals surface area contributed by atoms with Crippen LogP contribution in [0.3, 0.4) is 0 Å². The first-order valence-electron chi connectivity index (χ1n) is 6.65. The van der Waals surface area contributed by atoms with Gasteiger partial charge in [0, 0.05) is 26.7 Å². The summed E-state index contributed by atoms with van der Waals surface area (Å²) in [6, 6.07) is 3.94. The standard InChI is InChI=1S/C14H20Br2N2O3/c1-3-18-13(19)9-21-14-11(15)6-10(7-12(14)16)8-17-4-5-20-2/h6-7,17H,3-5,8-9H2,1-2H3,(H,18,19). The molecule has 7 heteroatoms. The van der Waals surface area contributed by atoms with E-state index in [0.29, 0.717) is 18.9 Å². The van der Waals surface area contributed by atoms with Crippen molar-refractivity contribution in [2.75, 3.05) is 33.4 Å². The van der Waals surface area contributed by atoms with Gasteiger partial charge >= 0.3 is 0 Å². The number of methoxy groups -OCH3 is 1. The molecule has 0 radical (unpaired) electrons. The fraction of sp³-hybridized carbons (Fsp3) is 0.500. The Morgan fingerprint density at radius 3 is 2.52 bits per heavy atom. The Morgan fingerprint density at radius 2 is 1.95 bits per heavy atom. The molecule has 0 aliphatic carbocycles. The second kappa shape index (κ2) is 10.2. The maximum atomic E-state index is 11.4. The minimum Gasteiger partial charge on any atom is -0.481 e. The van der Waals surface area contributed by atoms with E-state index < -0.39 is 0 Å². The summed E-state index contributed by atoms with van der Waals surface area (Å²) in [5, 5.41) is 5.96. The largest absolute Gasteiger partial charge is 0.481 e. The van der Waals surface area contributed by atoms with E-state index in [4.69, 9.17) is 9.47 Å². The molecule has 2 N–H and O–H groups in total. The summed E-state index contributed by atoms with van der Waals surface area (Å²) in [5.41, 5.74) is 1.11. The summed E-state index contributed by atoms with van der Waals surface area (Å²) in [6.45, 7) is 4.66. The van der Waals surface area contributed by atoms with E-state index in [1.807, 2.05) is 19.1 Å². The second-order valence-corrected chi connectivity index (χ2v) is 6.01. The number of nitrogens with one attached hydrogen (secondary N) is 2. The monoisotopic (exact) mass is 422 g/mol. The lowest BCUT2D eigenvalue weighted by molar-refractivity contribution is -0.123. The Kier molecular flexibility index (Phi) is 8.91. The number of halogens is 2. The molecule has 0 atom stereocenters. The molecule has 1 aromatic rings. The highest BCUT2D eigenvalue weighted by atomic mass is 79.9. The zero-order chi connectivity index (χ0) is 15.7. The van der Waals surface area contributed by atoms with Gasteiger partial charge in [0.2, 0.25) is 0 Å². The van der Waals surface area contributed by atoms with Crippen molar-refractivity contribution in [2.45, 2.75) is 13.5 Å². The molecular weight excluding hydrogens is 404 g/mol. The molecule has 0 aliphatic heterocycles. The number of ether oxygens (including phenoxy) is 2. The van der Waals surface area contributed by atoms with E-state index in [1.54, 1.807) is 7.11 Å². The van der Waals surface area contributed by atoms with Gasteiger partial charge in [-0.2, -0.15) is 0 Å². The number of benzene rings is 1. The van der Waals surface area contributed by atoms with Gasteiger partial charge in [-0.05, 0) is 56.5 Å². The van der Waals surface area contributed by atoms with Crippen LogP contribution in [0.25, 0.3) is 0 Å². The first-order chi connectivity index (χ1) is 10.1. The third-order valence-electron chi connectivity index (χ3n) is 2.59. The van der Waals surface area contributed by atoms with E-state index in [2.05, 4.69) is 42.5 Å². The van der Waals surface area contributed by atoms with E-state index in [1.165, 1.54) is 0 Å². The van der Waals surface area contributed by atoms with Crippen molar-refractivity contribution in [3.05, 3.63) is 26.6 Å². The van der Waals surface area contributed by atoms with Gasteiger partial charge < -0.3 is 20.1 Å². The molecule has 0 fully saturated rings. The molecule has 21 heavy (non-hydrogen) atoms. The molecule has 1 aromatic carbocycles. The predicted molar refractivity (Wildman–Crippen MR) is 89.6 cm³/mol. The summed E-state index contributed by atoms with van der Waals surface area (Å²) in [5.74, 6) is 0.489. The van der Waals surface area contributed by atoms with Crippen LogP contribution in [0, 0.1) is 0 Å². The number of carbonyl (C=O) groups excluding carboxylic acids is 1. The SMILES string of the molecule is CCNC(=O)COc1c(Br)cc(CNCCOC)cc1Br. The second-order valence-electron chi connectivity index (χ2n) is 4.30. The Morgan fingerprint density at radius 1 is 1.29 bits per heavy atom. The molecular formula is C14H20Br2N2O3. The quantitative estimate of drug-likeness (QED) is 0.599. The molecule has 0 bridgehead atoms. The number of rotatable bonds is 9. The lowest BCUT2D eigenvalue weighted by Crippen LogP contribution is -2.28. The minimum absolute atomic E-state index is 0.00350. The fourth-order valence-corrected chi connectivity index (χ4v) is 3.16. The third-order valence-corrected chi connectivity index (χ3v) is 3.77. The normalized spacial score (nSPS) is 10.5. The van der Waals surface area contributed by atoms with Crippen LogP contribution in [-0.2, 0) is 16.1 Å². The summed E-state index contributed by atoms with van der Waals surface area (Å²) < 4.78 is 12.1. The average molecular weight is 424 g/mol. The van der Waals surface area contributed by atoms with Crippen LogP contribution in [0.1, 0.15) is 12.5 Å². The zero-order valence-electron chi connectivity index (χ0n) is 12.2. The minimum atomic E-state index is -0.137. The van der Waals surface area contributed by atoms with Crippen molar-refractivity contribution in [3.63, 3.8) is 0 Å². The molecule has 0 unspecified atom stereocenters. The number of hydrogen-bond acceptors (Lipinski definition) is 4. The first kappa shape index (κ1) is 18.4. The lowest BCUT2D eigenvalue weighted by atomic mass is 10.2. The Bertz CT molecular complexity index is 447. The van der Waals surface area contributed by atoms with Gasteiger partial charge in [-0.15, -0.1) is 0 Å². The average Bonchev–Trinajstić information content (AvgIpc) is 2.43. The van der Waals surface area contributed by atoms with Crippen molar-refractivity contribution < 1.29 is 14.3 Å². The van der Waals surface area contributed by atoms with Crippen LogP contribution in [0.15, 0.2) is 21.1 Å². The van der Waals surface area contributed by atoms with E-state index in [0.717, 1.165) is 27.6 Å². The highest BCUT2D eigenvalue weighted by molar-refractivity contribution is 9.11. The van der Waals surface area contributed by atoms with Gasteiger partial charge in [-0.3, -0.25) is 4.79 Å². The number of amides is 1. The number of carbonyl (C=O) groups is 1. The zero-order valence-corrected chi connectivity index (χ0v) is 15.3. The smallest absolute Gasteiger partial charge is 0.257 e. The maximum absolute atomic E-state index is 11.4. The van der Waals surface area contributed by atoms with Crippen LogP contribution in [-0.4, -0.2) is 39.3 Å². The molecule has 0 saturated carbocycles. The highest BCUT2D eigenvalue weighted by Gasteiger charge is 2.11. The van der Waals surface area contributed by atoms with Gasteiger partial charge in [0.05, 0.1) is 15.6 Å². The lowest BCUT2D eigenvalue weighted by Gasteiger charge is -2.12. The van der Waals surface area contributed by atoms with Crippen LogP contribution in [0.2, 0.25) is 0 Å². The van der Waals surface area contributed by atoms with Gasteiger partial charge in [-0.1, -0.05) is 0 Å². The molecule has 0 aromatic heterocycles. The fourth-order valence-electron chi connectivity index (χ4n) is 1.65. The van der Waals surface area contributed by atoms with Crippen molar-refractivity contribution in [2.24, 2.45) is 0 Å². The van der Waals surface area contributed by atoms with Gasteiger partial charge in [-0.25, -0.2) is 0 Å². The molecule has 5 nitrogen and oxygen atoms in total. The first-order valence-corrected chi connectivity index (χ1v) is 8.24. The Labute approximate surface area is 142 Å². The third kappa shape index (κ3) is 6.78. The van der Waals surface area contributed by atoms with Crippen LogP contribution < -0.4 is 15.4 Å². The molecule has 0 saturated heterocycles. The van der Waals surface area contributed by atoms with Crippen LogP contribution in [0.4, 0.5) is 0 Å². The van der Waals surface area contributed by atoms with E-state index in [-0.39, 0.29) is 12.5 Å².